The number of Topliss-reactive ketones (excluding diaryl/α,β-unsaturated/α-hetero) is 1. The van der Waals surface area contributed by atoms with Gasteiger partial charge in [0.05, 0.1) is 40.1 Å². The van der Waals surface area contributed by atoms with Gasteiger partial charge in [-0.15, -0.1) is 0 Å². The second kappa shape index (κ2) is 11.1. The maximum absolute atomic E-state index is 13.5. The Morgan fingerprint density at radius 3 is 2.35 bits per heavy atom. The van der Waals surface area contributed by atoms with Crippen LogP contribution in [-0.2, 0) is 16.0 Å². The summed E-state index contributed by atoms with van der Waals surface area (Å²) in [5, 5.41) is 12.4. The van der Waals surface area contributed by atoms with E-state index in [0.717, 1.165) is 22.2 Å². The molecule has 9 nitrogen and oxygen atoms in total. The Kier molecular flexibility index (Phi) is 7.37. The summed E-state index contributed by atoms with van der Waals surface area (Å²) < 4.78 is 21.7. The molecular formula is C31H30N2O7. The number of ketones is 1. The van der Waals surface area contributed by atoms with Crippen LogP contribution in [0.4, 0.5) is 0 Å². The van der Waals surface area contributed by atoms with E-state index in [1.54, 1.807) is 43.5 Å². The normalized spacial score (nSPS) is 16.4. The van der Waals surface area contributed by atoms with Crippen molar-refractivity contribution in [1.29, 1.82) is 0 Å². The van der Waals surface area contributed by atoms with Gasteiger partial charge in [0.15, 0.2) is 11.5 Å². The van der Waals surface area contributed by atoms with Gasteiger partial charge in [0.2, 0.25) is 0 Å². The molecular weight excluding hydrogens is 512 g/mol. The third kappa shape index (κ3) is 4.59. The lowest BCUT2D eigenvalue weighted by atomic mass is 9.94. The maximum atomic E-state index is 13.5. The van der Waals surface area contributed by atoms with Crippen LogP contribution in [0.3, 0.4) is 0 Å². The number of amides is 1. The number of methoxy groups -OCH3 is 4. The molecule has 1 fully saturated rings. The molecule has 0 bridgehead atoms. The number of aliphatic hydroxyl groups excluding tert-OH is 1. The number of benzene rings is 3. The molecule has 0 radical (unpaired) electrons. The van der Waals surface area contributed by atoms with Gasteiger partial charge in [0.25, 0.3) is 11.7 Å². The van der Waals surface area contributed by atoms with E-state index in [0.29, 0.717) is 34.8 Å². The Morgan fingerprint density at radius 2 is 1.62 bits per heavy atom. The first-order valence-corrected chi connectivity index (χ1v) is 12.7. The number of ether oxygens (including phenoxy) is 4. The highest BCUT2D eigenvalue weighted by molar-refractivity contribution is 6.46. The number of rotatable bonds is 9. The molecule has 206 valence electrons. The molecule has 3 aromatic carbocycles. The number of nitrogens with zero attached hydrogens (tertiary/aromatic N) is 1. The SMILES string of the molecule is COc1ccc2[nH]cc(CCN3C(=O)C(=O)/C(=C(\O)c4ccc(OC)c(OC)c4)C3c3ccccc3OC)c2c1. The number of para-hydroxylation sites is 1. The lowest BCUT2D eigenvalue weighted by Gasteiger charge is -2.26. The number of likely N-dealkylation sites (tertiary alicyclic amines) is 1. The molecule has 1 unspecified atom stereocenters. The van der Waals surface area contributed by atoms with Crippen LogP contribution in [-0.4, -0.2) is 61.7 Å². The molecule has 0 saturated carbocycles. The topological polar surface area (TPSA) is 110 Å². The highest BCUT2D eigenvalue weighted by Gasteiger charge is 2.47. The first-order valence-electron chi connectivity index (χ1n) is 12.7. The molecule has 2 heterocycles. The molecule has 1 amide bonds. The fourth-order valence-corrected chi connectivity index (χ4v) is 5.20. The lowest BCUT2D eigenvalue weighted by molar-refractivity contribution is -0.139. The van der Waals surface area contributed by atoms with Crippen molar-refractivity contribution in [1.82, 2.24) is 9.88 Å². The molecule has 1 atom stereocenters. The zero-order chi connectivity index (χ0) is 28.4. The van der Waals surface area contributed by atoms with Crippen molar-refractivity contribution in [3.05, 3.63) is 89.1 Å². The fourth-order valence-electron chi connectivity index (χ4n) is 5.20. The lowest BCUT2D eigenvalue weighted by Crippen LogP contribution is -2.31. The van der Waals surface area contributed by atoms with Crippen molar-refractivity contribution >= 4 is 28.4 Å². The molecule has 1 aromatic heterocycles. The quantitative estimate of drug-likeness (QED) is 0.176. The first-order chi connectivity index (χ1) is 19.4. The van der Waals surface area contributed by atoms with Crippen LogP contribution in [0, 0.1) is 0 Å². The zero-order valence-electron chi connectivity index (χ0n) is 22.7. The van der Waals surface area contributed by atoms with E-state index in [4.69, 9.17) is 18.9 Å². The summed E-state index contributed by atoms with van der Waals surface area (Å²) in [7, 11) is 6.13. The van der Waals surface area contributed by atoms with Crippen molar-refractivity contribution in [2.45, 2.75) is 12.5 Å². The zero-order valence-corrected chi connectivity index (χ0v) is 22.7. The van der Waals surface area contributed by atoms with Gasteiger partial charge in [0, 0.05) is 34.8 Å². The Bertz CT molecular complexity index is 1620. The van der Waals surface area contributed by atoms with Gasteiger partial charge in [-0.25, -0.2) is 0 Å². The molecule has 1 saturated heterocycles. The molecule has 0 spiro atoms. The van der Waals surface area contributed by atoms with E-state index >= 15 is 0 Å². The third-order valence-corrected chi connectivity index (χ3v) is 7.23. The van der Waals surface area contributed by atoms with Crippen molar-refractivity contribution in [2.24, 2.45) is 0 Å². The van der Waals surface area contributed by atoms with E-state index in [1.807, 2.05) is 30.5 Å². The number of hydrogen-bond donors (Lipinski definition) is 2. The standard InChI is InChI=1S/C31H30N2O7/c1-37-20-10-11-23-22(16-20)19(17-32-23)13-14-33-28(21-7-5-6-8-24(21)38-2)27(30(35)31(33)36)29(34)18-9-12-25(39-3)26(15-18)40-4/h5-12,15-17,28,32,34H,13-14H2,1-4H3/b29-27-. The summed E-state index contributed by atoms with van der Waals surface area (Å²) in [5.41, 5.74) is 2.79. The Balaban J connectivity index is 1.60. The van der Waals surface area contributed by atoms with Crippen LogP contribution < -0.4 is 18.9 Å². The largest absolute Gasteiger partial charge is 0.507 e. The Labute approximate surface area is 231 Å². The molecule has 9 heteroatoms. The van der Waals surface area contributed by atoms with Crippen molar-refractivity contribution < 1.29 is 33.6 Å². The minimum Gasteiger partial charge on any atom is -0.507 e. The predicted octanol–water partition coefficient (Wildman–Crippen LogP) is 4.87. The minimum atomic E-state index is -0.871. The monoisotopic (exact) mass is 542 g/mol. The number of carbonyl (C=O) groups is 2. The van der Waals surface area contributed by atoms with E-state index in [9.17, 15) is 14.7 Å². The number of aromatic amines is 1. The van der Waals surface area contributed by atoms with Gasteiger partial charge in [0.1, 0.15) is 17.3 Å². The summed E-state index contributed by atoms with van der Waals surface area (Å²) in [6.45, 7) is 0.222. The molecule has 5 rings (SSSR count). The number of aromatic nitrogens is 1. The van der Waals surface area contributed by atoms with E-state index in [1.165, 1.54) is 26.2 Å². The van der Waals surface area contributed by atoms with Crippen LogP contribution in [0.5, 0.6) is 23.0 Å². The summed E-state index contributed by atoms with van der Waals surface area (Å²) in [5.74, 6) is 0.279. The van der Waals surface area contributed by atoms with Crippen LogP contribution in [0.15, 0.2) is 72.4 Å². The smallest absolute Gasteiger partial charge is 0.295 e. The fraction of sp³-hybridized carbons (Fsp3) is 0.226. The number of nitrogens with one attached hydrogen (secondary N) is 1. The van der Waals surface area contributed by atoms with Crippen molar-refractivity contribution in [3.8, 4) is 23.0 Å². The molecule has 1 aliphatic heterocycles. The van der Waals surface area contributed by atoms with E-state index < -0.39 is 17.7 Å². The van der Waals surface area contributed by atoms with Crippen LogP contribution in [0.2, 0.25) is 0 Å². The van der Waals surface area contributed by atoms with Gasteiger partial charge in [-0.1, -0.05) is 18.2 Å². The summed E-state index contributed by atoms with van der Waals surface area (Å²) >= 11 is 0. The number of carbonyl (C=O) groups excluding carboxylic acids is 2. The maximum Gasteiger partial charge on any atom is 0.295 e. The average Bonchev–Trinajstić information content (AvgIpc) is 3.51. The predicted molar refractivity (Wildman–Crippen MR) is 150 cm³/mol. The molecule has 40 heavy (non-hydrogen) atoms. The minimum absolute atomic E-state index is 0.0256. The van der Waals surface area contributed by atoms with Gasteiger partial charge in [-0.05, 0) is 54.4 Å². The summed E-state index contributed by atoms with van der Waals surface area (Å²) in [6.07, 6.45) is 2.35. The molecule has 0 aliphatic carbocycles. The Hall–Kier alpha value is -4.92. The summed E-state index contributed by atoms with van der Waals surface area (Å²) in [6, 6.07) is 16.9. The van der Waals surface area contributed by atoms with E-state index in [-0.39, 0.29) is 17.9 Å². The average molecular weight is 543 g/mol. The highest BCUT2D eigenvalue weighted by atomic mass is 16.5. The first kappa shape index (κ1) is 26.7. The Morgan fingerprint density at radius 1 is 0.875 bits per heavy atom. The number of hydrogen-bond acceptors (Lipinski definition) is 7. The van der Waals surface area contributed by atoms with Crippen LogP contribution >= 0.6 is 0 Å². The molecule has 4 aromatic rings. The number of aliphatic hydroxyl groups is 1. The third-order valence-electron chi connectivity index (χ3n) is 7.23. The van der Waals surface area contributed by atoms with E-state index in [2.05, 4.69) is 4.98 Å². The van der Waals surface area contributed by atoms with Gasteiger partial charge in [-0.2, -0.15) is 0 Å². The van der Waals surface area contributed by atoms with Crippen LogP contribution in [0.25, 0.3) is 16.7 Å². The highest BCUT2D eigenvalue weighted by Crippen LogP contribution is 2.43. The van der Waals surface area contributed by atoms with Crippen molar-refractivity contribution in [3.63, 3.8) is 0 Å². The molecule has 1 aliphatic rings. The van der Waals surface area contributed by atoms with Gasteiger partial charge >= 0.3 is 0 Å². The van der Waals surface area contributed by atoms with Gasteiger partial charge in [-0.3, -0.25) is 9.59 Å². The summed E-state index contributed by atoms with van der Waals surface area (Å²) in [4.78, 5) is 31.8. The van der Waals surface area contributed by atoms with Crippen molar-refractivity contribution in [2.75, 3.05) is 35.0 Å². The number of H-pyrrole nitrogens is 1. The van der Waals surface area contributed by atoms with Crippen LogP contribution in [0.1, 0.15) is 22.7 Å². The second-order valence-electron chi connectivity index (χ2n) is 9.28. The van der Waals surface area contributed by atoms with Gasteiger partial charge < -0.3 is 33.9 Å². The second-order valence-corrected chi connectivity index (χ2v) is 9.28. The number of fused-ring (bicyclic) bond motifs is 1. The molecule has 2 N–H and O–H groups in total.